The van der Waals surface area contributed by atoms with Crippen molar-refractivity contribution in [2.75, 3.05) is 32.8 Å². The zero-order valence-corrected chi connectivity index (χ0v) is 17.4. The number of fused-ring (bicyclic) bond motifs is 1. The van der Waals surface area contributed by atoms with Crippen LogP contribution in [0.5, 0.6) is 11.5 Å². The number of carbonyl (C=O) groups excluding carboxylic acids is 1. The Morgan fingerprint density at radius 2 is 2.00 bits per heavy atom. The van der Waals surface area contributed by atoms with Crippen LogP contribution in [0.1, 0.15) is 35.9 Å². The van der Waals surface area contributed by atoms with Crippen LogP contribution in [0.2, 0.25) is 0 Å². The predicted molar refractivity (Wildman–Crippen MR) is 111 cm³/mol. The molecule has 3 aliphatic heterocycles. The Bertz CT molecular complexity index is 887. The second-order valence-corrected chi connectivity index (χ2v) is 7.91. The van der Waals surface area contributed by atoms with E-state index >= 15 is 0 Å². The summed E-state index contributed by atoms with van der Waals surface area (Å²) in [6.45, 7) is 3.52. The van der Waals surface area contributed by atoms with Gasteiger partial charge in [-0.3, -0.25) is 9.48 Å². The van der Waals surface area contributed by atoms with Gasteiger partial charge in [0.1, 0.15) is 13.2 Å². The third kappa shape index (κ3) is 3.69. The van der Waals surface area contributed by atoms with E-state index in [1.54, 1.807) is 0 Å². The molecule has 0 saturated carbocycles. The summed E-state index contributed by atoms with van der Waals surface area (Å²) < 4.78 is 13.2. The molecule has 29 heavy (non-hydrogen) atoms. The highest BCUT2D eigenvalue weighted by Crippen LogP contribution is 2.40. The van der Waals surface area contributed by atoms with Crippen LogP contribution in [0.4, 0.5) is 0 Å². The van der Waals surface area contributed by atoms with Crippen molar-refractivity contribution in [2.24, 2.45) is 13.0 Å². The number of likely N-dealkylation sites (tertiary alicyclic amines) is 1. The summed E-state index contributed by atoms with van der Waals surface area (Å²) in [5.74, 6) is 1.97. The van der Waals surface area contributed by atoms with Gasteiger partial charge < -0.3 is 19.7 Å². The topological polar surface area (TPSA) is 68.6 Å². The van der Waals surface area contributed by atoms with E-state index in [0.29, 0.717) is 13.2 Å². The molecule has 3 atom stereocenters. The number of halogens is 1. The van der Waals surface area contributed by atoms with Gasteiger partial charge in [0.25, 0.3) is 0 Å². The Kier molecular flexibility index (Phi) is 5.69. The molecule has 1 aromatic heterocycles. The molecule has 3 aliphatic rings. The molecular formula is C21H27ClN4O3. The maximum absolute atomic E-state index is 13.5. The van der Waals surface area contributed by atoms with Crippen LogP contribution in [-0.2, 0) is 11.8 Å². The van der Waals surface area contributed by atoms with Crippen LogP contribution in [0.15, 0.2) is 30.6 Å². The van der Waals surface area contributed by atoms with Crippen LogP contribution in [0, 0.1) is 5.92 Å². The van der Waals surface area contributed by atoms with Crippen molar-refractivity contribution in [2.45, 2.75) is 24.8 Å². The van der Waals surface area contributed by atoms with Crippen molar-refractivity contribution in [3.05, 3.63) is 41.7 Å². The largest absolute Gasteiger partial charge is 0.486 e. The van der Waals surface area contributed by atoms with Gasteiger partial charge in [-0.1, -0.05) is 6.07 Å². The smallest absolute Gasteiger partial charge is 0.228 e. The van der Waals surface area contributed by atoms with Crippen LogP contribution in [0.3, 0.4) is 0 Å². The summed E-state index contributed by atoms with van der Waals surface area (Å²) in [7, 11) is 1.92. The molecule has 1 aromatic carbocycles. The second kappa shape index (κ2) is 8.24. The number of hydrogen-bond acceptors (Lipinski definition) is 5. The molecule has 0 aliphatic carbocycles. The summed E-state index contributed by atoms with van der Waals surface area (Å²) in [4.78, 5) is 15.6. The number of aromatic nitrogens is 2. The summed E-state index contributed by atoms with van der Waals surface area (Å²) in [6, 6.07) is 6.21. The summed E-state index contributed by atoms with van der Waals surface area (Å²) in [6.07, 6.45) is 5.94. The molecular weight excluding hydrogens is 392 g/mol. The molecule has 8 heteroatoms. The van der Waals surface area contributed by atoms with E-state index in [-0.39, 0.29) is 36.2 Å². The quantitative estimate of drug-likeness (QED) is 0.828. The van der Waals surface area contributed by atoms with E-state index in [1.807, 2.05) is 30.2 Å². The maximum atomic E-state index is 13.5. The zero-order valence-electron chi connectivity index (χ0n) is 16.5. The zero-order chi connectivity index (χ0) is 19.1. The maximum Gasteiger partial charge on any atom is 0.228 e. The van der Waals surface area contributed by atoms with E-state index in [0.717, 1.165) is 55.1 Å². The number of benzene rings is 1. The van der Waals surface area contributed by atoms with Crippen molar-refractivity contribution < 1.29 is 14.3 Å². The second-order valence-electron chi connectivity index (χ2n) is 7.91. The van der Waals surface area contributed by atoms with Crippen molar-refractivity contribution in [1.82, 2.24) is 20.0 Å². The van der Waals surface area contributed by atoms with Crippen LogP contribution >= 0.6 is 12.4 Å². The summed E-state index contributed by atoms with van der Waals surface area (Å²) in [5.41, 5.74) is 2.28. The van der Waals surface area contributed by atoms with E-state index < -0.39 is 0 Å². The summed E-state index contributed by atoms with van der Waals surface area (Å²) in [5, 5.41) is 7.70. The van der Waals surface area contributed by atoms with Gasteiger partial charge in [-0.25, -0.2) is 0 Å². The minimum Gasteiger partial charge on any atom is -0.486 e. The van der Waals surface area contributed by atoms with Crippen molar-refractivity contribution in [3.8, 4) is 11.5 Å². The van der Waals surface area contributed by atoms with Gasteiger partial charge >= 0.3 is 0 Å². The lowest BCUT2D eigenvalue weighted by atomic mass is 9.89. The molecule has 1 amide bonds. The number of nitrogens with zero attached hydrogens (tertiary/aromatic N) is 3. The highest BCUT2D eigenvalue weighted by molar-refractivity contribution is 5.85. The third-order valence-corrected chi connectivity index (χ3v) is 6.17. The molecule has 7 nitrogen and oxygen atoms in total. The molecule has 2 fully saturated rings. The molecule has 0 bridgehead atoms. The Balaban J connectivity index is 0.00000205. The third-order valence-electron chi connectivity index (χ3n) is 6.17. The SMILES string of the molecule is Cl.Cn1cc([C@H]2CNC[C@@H]2C(=O)N2CCCC2c2ccc3c(c2)OCCO3)cn1. The van der Waals surface area contributed by atoms with Crippen LogP contribution in [0.25, 0.3) is 0 Å². The molecule has 4 heterocycles. The normalized spacial score (nSPS) is 25.7. The minimum atomic E-state index is -0.0398. The van der Waals surface area contributed by atoms with Gasteiger partial charge in [-0.15, -0.1) is 12.4 Å². The fourth-order valence-electron chi connectivity index (χ4n) is 4.78. The van der Waals surface area contributed by atoms with Crippen molar-refractivity contribution >= 4 is 18.3 Å². The fourth-order valence-corrected chi connectivity index (χ4v) is 4.78. The van der Waals surface area contributed by atoms with Gasteiger partial charge in [0.05, 0.1) is 18.2 Å². The van der Waals surface area contributed by atoms with Crippen LogP contribution in [-0.4, -0.2) is 53.4 Å². The number of aryl methyl sites for hydroxylation is 1. The molecule has 5 rings (SSSR count). The number of ether oxygens (including phenoxy) is 2. The average molecular weight is 419 g/mol. The fraction of sp³-hybridized carbons (Fsp3) is 0.524. The Morgan fingerprint density at radius 1 is 1.17 bits per heavy atom. The van der Waals surface area contributed by atoms with Gasteiger partial charge in [0.15, 0.2) is 11.5 Å². The molecule has 156 valence electrons. The monoisotopic (exact) mass is 418 g/mol. The first-order chi connectivity index (χ1) is 13.7. The van der Waals surface area contributed by atoms with Gasteiger partial charge in [-0.05, 0) is 36.1 Å². The minimum absolute atomic E-state index is 0. The number of nitrogens with one attached hydrogen (secondary N) is 1. The standard InChI is InChI=1S/C21H26N4O3.ClH/c1-24-13-15(10-23-24)16-11-22-12-17(16)21(26)25-6-2-3-18(25)14-4-5-19-20(9-14)28-8-7-27-19;/h4-5,9-10,13,16-18,22H,2-3,6-8,11-12H2,1H3;1H/t16-,17+,18?;/m1./s1. The molecule has 2 saturated heterocycles. The van der Waals surface area contributed by atoms with Crippen molar-refractivity contribution in [3.63, 3.8) is 0 Å². The molecule has 0 spiro atoms. The number of rotatable bonds is 3. The first-order valence-corrected chi connectivity index (χ1v) is 10.1. The highest BCUT2D eigenvalue weighted by atomic mass is 35.5. The number of amides is 1. The first-order valence-electron chi connectivity index (χ1n) is 10.1. The molecule has 1 unspecified atom stereocenters. The number of carbonyl (C=O) groups is 1. The van der Waals surface area contributed by atoms with Gasteiger partial charge in [0, 0.05) is 38.8 Å². The number of hydrogen-bond donors (Lipinski definition) is 1. The average Bonchev–Trinajstić information content (AvgIpc) is 3.47. The lowest BCUT2D eigenvalue weighted by Gasteiger charge is -2.30. The predicted octanol–water partition coefficient (Wildman–Crippen LogP) is 2.28. The van der Waals surface area contributed by atoms with E-state index in [2.05, 4.69) is 27.4 Å². The van der Waals surface area contributed by atoms with Crippen molar-refractivity contribution in [1.29, 1.82) is 0 Å². The lowest BCUT2D eigenvalue weighted by Crippen LogP contribution is -2.38. The molecule has 2 aromatic rings. The van der Waals surface area contributed by atoms with E-state index in [1.165, 1.54) is 0 Å². The summed E-state index contributed by atoms with van der Waals surface area (Å²) >= 11 is 0. The van der Waals surface area contributed by atoms with Crippen LogP contribution < -0.4 is 14.8 Å². The Labute approximate surface area is 176 Å². The molecule has 0 radical (unpaired) electrons. The Hall–Kier alpha value is -2.25. The van der Waals surface area contributed by atoms with E-state index in [9.17, 15) is 4.79 Å². The first kappa shape index (κ1) is 20.0. The highest BCUT2D eigenvalue weighted by Gasteiger charge is 2.40. The lowest BCUT2D eigenvalue weighted by molar-refractivity contribution is -0.136. The van der Waals surface area contributed by atoms with Gasteiger partial charge in [-0.2, -0.15) is 5.10 Å². The van der Waals surface area contributed by atoms with E-state index in [4.69, 9.17) is 9.47 Å². The molecule has 1 N–H and O–H groups in total. The van der Waals surface area contributed by atoms with Gasteiger partial charge in [0.2, 0.25) is 5.91 Å². The Morgan fingerprint density at radius 3 is 2.79 bits per heavy atom.